The van der Waals surface area contributed by atoms with E-state index in [-0.39, 0.29) is 15.6 Å². The van der Waals surface area contributed by atoms with Gasteiger partial charge in [0.2, 0.25) is 0 Å². The van der Waals surface area contributed by atoms with Crippen molar-refractivity contribution in [1.82, 2.24) is 4.57 Å². The number of nitrogens with one attached hydrogen (secondary N) is 1. The van der Waals surface area contributed by atoms with Crippen LogP contribution >= 0.6 is 11.3 Å². The molecule has 0 saturated heterocycles. The summed E-state index contributed by atoms with van der Waals surface area (Å²) in [5, 5.41) is 0. The van der Waals surface area contributed by atoms with Crippen molar-refractivity contribution in [3.63, 3.8) is 0 Å². The predicted molar refractivity (Wildman–Crippen MR) is 99.0 cm³/mol. The second-order valence-corrected chi connectivity index (χ2v) is 8.16. The number of aromatic nitrogens is 1. The molecule has 6 nitrogen and oxygen atoms in total. The van der Waals surface area contributed by atoms with Crippen molar-refractivity contribution < 1.29 is 13.2 Å². The molecule has 0 unspecified atom stereocenters. The van der Waals surface area contributed by atoms with Gasteiger partial charge in [0.05, 0.1) is 15.1 Å². The zero-order chi connectivity index (χ0) is 18.2. The maximum atomic E-state index is 12.6. The Hall–Kier alpha value is -2.45. The Labute approximate surface area is 148 Å². The Morgan fingerprint density at radius 2 is 1.84 bits per heavy atom. The van der Waals surface area contributed by atoms with Gasteiger partial charge in [-0.3, -0.25) is 18.9 Å². The van der Waals surface area contributed by atoms with E-state index in [2.05, 4.69) is 4.72 Å². The normalized spacial score (nSPS) is 11.6. The number of rotatable bonds is 5. The number of hydrogen-bond acceptors (Lipinski definition) is 5. The van der Waals surface area contributed by atoms with Crippen LogP contribution in [0, 0.1) is 0 Å². The molecule has 2 aromatic carbocycles. The SMILES string of the molecule is CCn1c(=O)sc2cc(S(=O)(=O)Nc3ccc(C(C)=O)cc3)ccc21. The first kappa shape index (κ1) is 17.4. The Kier molecular flexibility index (Phi) is 4.49. The number of carbonyl (C=O) groups is 1. The molecule has 0 spiro atoms. The van der Waals surface area contributed by atoms with E-state index in [1.807, 2.05) is 6.92 Å². The third kappa shape index (κ3) is 3.35. The molecule has 0 aliphatic carbocycles. The number of Topliss-reactive ketones (excluding diaryl/α,β-unsaturated/α-hetero) is 1. The zero-order valence-electron chi connectivity index (χ0n) is 13.6. The number of ketones is 1. The number of thiazole rings is 1. The van der Waals surface area contributed by atoms with Crippen LogP contribution in [0.2, 0.25) is 0 Å². The maximum absolute atomic E-state index is 12.6. The molecule has 1 N–H and O–H groups in total. The second-order valence-electron chi connectivity index (χ2n) is 5.48. The van der Waals surface area contributed by atoms with Crippen molar-refractivity contribution in [2.75, 3.05) is 4.72 Å². The highest BCUT2D eigenvalue weighted by Crippen LogP contribution is 2.23. The smallest absolute Gasteiger partial charge is 0.299 e. The van der Waals surface area contributed by atoms with Crippen molar-refractivity contribution in [2.45, 2.75) is 25.3 Å². The molecule has 0 aliphatic rings. The van der Waals surface area contributed by atoms with Crippen molar-refractivity contribution in [1.29, 1.82) is 0 Å². The van der Waals surface area contributed by atoms with Gasteiger partial charge in [0.25, 0.3) is 10.0 Å². The van der Waals surface area contributed by atoms with E-state index in [1.165, 1.54) is 19.1 Å². The molecule has 0 radical (unpaired) electrons. The van der Waals surface area contributed by atoms with E-state index >= 15 is 0 Å². The predicted octanol–water partition coefficient (Wildman–Crippen LogP) is 3.09. The molecule has 0 fully saturated rings. The fourth-order valence-electron chi connectivity index (χ4n) is 2.50. The zero-order valence-corrected chi connectivity index (χ0v) is 15.3. The van der Waals surface area contributed by atoms with Crippen molar-refractivity contribution in [2.24, 2.45) is 0 Å². The third-order valence-corrected chi connectivity index (χ3v) is 6.13. The minimum atomic E-state index is -3.79. The number of benzene rings is 2. The number of fused-ring (bicyclic) bond motifs is 1. The molecule has 0 saturated carbocycles. The van der Waals surface area contributed by atoms with Gasteiger partial charge >= 0.3 is 4.87 Å². The number of aryl methyl sites for hydroxylation is 1. The summed E-state index contributed by atoms with van der Waals surface area (Å²) >= 11 is 1.02. The van der Waals surface area contributed by atoms with E-state index in [1.54, 1.807) is 34.9 Å². The summed E-state index contributed by atoms with van der Waals surface area (Å²) < 4.78 is 29.8. The highest BCUT2D eigenvalue weighted by Gasteiger charge is 2.17. The summed E-state index contributed by atoms with van der Waals surface area (Å²) in [6, 6.07) is 10.8. The van der Waals surface area contributed by atoms with Gasteiger partial charge in [0, 0.05) is 17.8 Å². The summed E-state index contributed by atoms with van der Waals surface area (Å²) in [4.78, 5) is 23.1. The quantitative estimate of drug-likeness (QED) is 0.694. The summed E-state index contributed by atoms with van der Waals surface area (Å²) in [5.74, 6) is -0.0878. The number of hydrogen-bond donors (Lipinski definition) is 1. The Morgan fingerprint density at radius 3 is 2.44 bits per heavy atom. The molecule has 1 heterocycles. The summed E-state index contributed by atoms with van der Waals surface area (Å²) in [5.41, 5.74) is 1.60. The lowest BCUT2D eigenvalue weighted by Crippen LogP contribution is -2.13. The fraction of sp³-hybridized carbons (Fsp3) is 0.176. The molecular weight excluding hydrogens is 360 g/mol. The lowest BCUT2D eigenvalue weighted by atomic mass is 10.1. The largest absolute Gasteiger partial charge is 0.308 e. The molecule has 25 heavy (non-hydrogen) atoms. The van der Waals surface area contributed by atoms with Gasteiger partial charge in [0.15, 0.2) is 5.78 Å². The number of nitrogens with zero attached hydrogens (tertiary/aromatic N) is 1. The van der Waals surface area contributed by atoms with E-state index in [9.17, 15) is 18.0 Å². The molecule has 130 valence electrons. The standard InChI is InChI=1S/C17H16N2O4S2/c1-3-19-15-9-8-14(10-16(15)24-17(19)21)25(22,23)18-13-6-4-12(5-7-13)11(2)20/h4-10,18H,3H2,1-2H3. The van der Waals surface area contributed by atoms with Crippen LogP contribution in [0.1, 0.15) is 24.2 Å². The number of anilines is 1. The van der Waals surface area contributed by atoms with Gasteiger partial charge in [0.1, 0.15) is 0 Å². The molecule has 0 bridgehead atoms. The van der Waals surface area contributed by atoms with E-state index in [4.69, 9.17) is 0 Å². The van der Waals surface area contributed by atoms with Crippen LogP contribution in [0.15, 0.2) is 52.2 Å². The molecule has 8 heteroatoms. The van der Waals surface area contributed by atoms with Crippen LogP contribution in [0.3, 0.4) is 0 Å². The van der Waals surface area contributed by atoms with Crippen molar-refractivity contribution in [3.8, 4) is 0 Å². The van der Waals surface area contributed by atoms with Gasteiger partial charge in [-0.1, -0.05) is 11.3 Å². The van der Waals surface area contributed by atoms with Crippen LogP contribution in [-0.2, 0) is 16.6 Å². The van der Waals surface area contributed by atoms with Crippen LogP contribution in [0.25, 0.3) is 10.2 Å². The van der Waals surface area contributed by atoms with Gasteiger partial charge in [-0.25, -0.2) is 8.42 Å². The molecule has 1 aromatic heterocycles. The average Bonchev–Trinajstić information content (AvgIpc) is 2.89. The van der Waals surface area contributed by atoms with Crippen LogP contribution in [-0.4, -0.2) is 18.8 Å². The topological polar surface area (TPSA) is 85.2 Å². The lowest BCUT2D eigenvalue weighted by Gasteiger charge is -2.09. The van der Waals surface area contributed by atoms with Crippen LogP contribution in [0.5, 0.6) is 0 Å². The highest BCUT2D eigenvalue weighted by atomic mass is 32.2. The Bertz CT molecular complexity index is 1110. The first-order valence-electron chi connectivity index (χ1n) is 7.59. The Morgan fingerprint density at radius 1 is 1.16 bits per heavy atom. The van der Waals surface area contributed by atoms with Gasteiger partial charge in [-0.05, 0) is 56.3 Å². The molecule has 0 aliphatic heterocycles. The van der Waals surface area contributed by atoms with Crippen molar-refractivity contribution in [3.05, 3.63) is 57.7 Å². The molecule has 3 aromatic rings. The Balaban J connectivity index is 1.95. The van der Waals surface area contributed by atoms with E-state index < -0.39 is 10.0 Å². The highest BCUT2D eigenvalue weighted by molar-refractivity contribution is 7.92. The number of sulfonamides is 1. The van der Waals surface area contributed by atoms with Gasteiger partial charge < -0.3 is 0 Å². The fourth-order valence-corrected chi connectivity index (χ4v) is 4.65. The molecular formula is C17H16N2O4S2. The van der Waals surface area contributed by atoms with Crippen molar-refractivity contribution >= 4 is 43.0 Å². The summed E-state index contributed by atoms with van der Waals surface area (Å²) in [6.07, 6.45) is 0. The molecule has 0 amide bonds. The van der Waals surface area contributed by atoms with Crippen LogP contribution in [0.4, 0.5) is 5.69 Å². The van der Waals surface area contributed by atoms with E-state index in [0.29, 0.717) is 22.5 Å². The summed E-state index contributed by atoms with van der Waals surface area (Å²) in [7, 11) is -3.79. The van der Waals surface area contributed by atoms with E-state index in [0.717, 1.165) is 16.9 Å². The van der Waals surface area contributed by atoms with Gasteiger partial charge in [-0.2, -0.15) is 0 Å². The first-order chi connectivity index (χ1) is 11.8. The molecule has 0 atom stereocenters. The van der Waals surface area contributed by atoms with Crippen LogP contribution < -0.4 is 9.60 Å². The number of carbonyl (C=O) groups excluding carboxylic acids is 1. The minimum absolute atomic E-state index is 0.0835. The third-order valence-electron chi connectivity index (χ3n) is 3.81. The second kappa shape index (κ2) is 6.45. The monoisotopic (exact) mass is 376 g/mol. The minimum Gasteiger partial charge on any atom is -0.299 e. The average molecular weight is 376 g/mol. The summed E-state index contributed by atoms with van der Waals surface area (Å²) in [6.45, 7) is 3.85. The first-order valence-corrected chi connectivity index (χ1v) is 9.89. The maximum Gasteiger partial charge on any atom is 0.308 e. The van der Waals surface area contributed by atoms with Gasteiger partial charge in [-0.15, -0.1) is 0 Å². The lowest BCUT2D eigenvalue weighted by molar-refractivity contribution is 0.101. The molecule has 3 rings (SSSR count).